The summed E-state index contributed by atoms with van der Waals surface area (Å²) in [6.45, 7) is 9.83. The van der Waals surface area contributed by atoms with Gasteiger partial charge < -0.3 is 9.80 Å². The van der Waals surface area contributed by atoms with E-state index in [9.17, 15) is 19.2 Å². The molecule has 2 heterocycles. The molecule has 1 aromatic heterocycles. The zero-order valence-corrected chi connectivity index (χ0v) is 22.5. The summed E-state index contributed by atoms with van der Waals surface area (Å²) in [6, 6.07) is 13.0. The number of amides is 1. The van der Waals surface area contributed by atoms with Crippen LogP contribution in [0.15, 0.2) is 58.1 Å². The van der Waals surface area contributed by atoms with Crippen LogP contribution in [0.2, 0.25) is 5.02 Å². The van der Waals surface area contributed by atoms with Crippen LogP contribution in [0.25, 0.3) is 16.6 Å². The van der Waals surface area contributed by atoms with E-state index in [1.54, 1.807) is 16.7 Å². The number of benzene rings is 2. The number of carbonyl (C=O) groups excluding carboxylic acids is 1. The van der Waals surface area contributed by atoms with Gasteiger partial charge in [-0.1, -0.05) is 50.2 Å². The van der Waals surface area contributed by atoms with E-state index in [0.717, 1.165) is 5.56 Å². The Kier molecular flexibility index (Phi) is 7.26. The first-order chi connectivity index (χ1) is 17.1. The van der Waals surface area contributed by atoms with Crippen LogP contribution < -0.4 is 10.5 Å². The molecular formula is C27H25BrClFN4O2. The number of carbonyl (C=O) groups is 1. The van der Waals surface area contributed by atoms with E-state index in [2.05, 4.69) is 28.6 Å². The van der Waals surface area contributed by atoms with Gasteiger partial charge in [0, 0.05) is 35.5 Å². The lowest BCUT2D eigenvalue weighted by Gasteiger charge is -2.41. The summed E-state index contributed by atoms with van der Waals surface area (Å²) in [7, 11) is 0. The van der Waals surface area contributed by atoms with E-state index < -0.39 is 17.3 Å². The quantitative estimate of drug-likeness (QED) is 0.365. The molecule has 1 aliphatic rings. The zero-order chi connectivity index (χ0) is 26.3. The van der Waals surface area contributed by atoms with Gasteiger partial charge in [-0.15, -0.1) is 0 Å². The van der Waals surface area contributed by atoms with Gasteiger partial charge in [-0.05, 0) is 52.5 Å². The van der Waals surface area contributed by atoms with E-state index in [4.69, 9.17) is 11.6 Å². The van der Waals surface area contributed by atoms with Crippen molar-refractivity contribution < 1.29 is 9.18 Å². The number of aromatic nitrogens is 1. The second kappa shape index (κ2) is 10.1. The predicted octanol–water partition coefficient (Wildman–Crippen LogP) is 5.92. The van der Waals surface area contributed by atoms with Crippen molar-refractivity contribution in [2.24, 2.45) is 0 Å². The van der Waals surface area contributed by atoms with Gasteiger partial charge in [0.2, 0.25) is 0 Å². The van der Waals surface area contributed by atoms with Crippen LogP contribution in [0.5, 0.6) is 0 Å². The highest BCUT2D eigenvalue weighted by Crippen LogP contribution is 2.38. The molecule has 0 N–H and O–H groups in total. The van der Waals surface area contributed by atoms with Crippen molar-refractivity contribution in [1.29, 1.82) is 5.26 Å². The standard InChI is InChI=1S/C27H25BrClFN4O2/c1-15(2)18-7-5-6-8-23(18)34-24-12-21(28)22(29)11-19(24)25(20(13-31)27(34)36)33-10-9-32(14-16(33)3)26(35)17(4)30/h5-8,11-12,15-16H,4,9-10,14H2,1-3H3/t16-/m0/s1. The maximum absolute atomic E-state index is 14.0. The van der Waals surface area contributed by atoms with E-state index in [1.165, 1.54) is 4.90 Å². The van der Waals surface area contributed by atoms with Crippen LogP contribution in [-0.4, -0.2) is 41.1 Å². The molecule has 6 nitrogen and oxygen atoms in total. The van der Waals surface area contributed by atoms with E-state index in [0.29, 0.717) is 38.3 Å². The lowest BCUT2D eigenvalue weighted by atomic mass is 9.99. The Morgan fingerprint density at radius 3 is 2.58 bits per heavy atom. The van der Waals surface area contributed by atoms with Crippen LogP contribution >= 0.6 is 27.5 Å². The molecule has 0 spiro atoms. The van der Waals surface area contributed by atoms with Gasteiger partial charge in [0.05, 0.1) is 21.9 Å². The molecule has 0 unspecified atom stereocenters. The summed E-state index contributed by atoms with van der Waals surface area (Å²) < 4.78 is 15.7. The first kappa shape index (κ1) is 25.9. The molecule has 1 amide bonds. The molecule has 0 bridgehead atoms. The van der Waals surface area contributed by atoms with Gasteiger partial charge in [-0.3, -0.25) is 14.2 Å². The number of nitrogens with zero attached hydrogens (tertiary/aromatic N) is 4. The summed E-state index contributed by atoms with van der Waals surface area (Å²) in [6.07, 6.45) is 0. The fourth-order valence-electron chi connectivity index (χ4n) is 4.83. The third-order valence-corrected chi connectivity index (χ3v) is 7.73. The second-order valence-corrected chi connectivity index (χ2v) is 10.4. The number of fused-ring (bicyclic) bond motifs is 1. The molecule has 0 radical (unpaired) electrons. The van der Waals surface area contributed by atoms with Crippen LogP contribution in [0.3, 0.4) is 0 Å². The third-order valence-electron chi connectivity index (χ3n) is 6.53. The van der Waals surface area contributed by atoms with Crippen molar-refractivity contribution in [2.75, 3.05) is 24.5 Å². The van der Waals surface area contributed by atoms with Crippen molar-refractivity contribution in [3.63, 3.8) is 0 Å². The first-order valence-corrected chi connectivity index (χ1v) is 12.7. The highest BCUT2D eigenvalue weighted by molar-refractivity contribution is 9.10. The maximum atomic E-state index is 14.0. The molecule has 1 atom stereocenters. The van der Waals surface area contributed by atoms with Gasteiger partial charge in [0.15, 0.2) is 5.83 Å². The fourth-order valence-corrected chi connectivity index (χ4v) is 5.33. The van der Waals surface area contributed by atoms with Gasteiger partial charge in [0.25, 0.3) is 11.5 Å². The highest BCUT2D eigenvalue weighted by atomic mass is 79.9. The number of rotatable bonds is 4. The average Bonchev–Trinajstić information content (AvgIpc) is 2.84. The number of para-hydroxylation sites is 1. The minimum atomic E-state index is -1.01. The van der Waals surface area contributed by atoms with Crippen molar-refractivity contribution >= 4 is 50.0 Å². The number of hydrogen-bond donors (Lipinski definition) is 0. The first-order valence-electron chi connectivity index (χ1n) is 11.5. The molecule has 1 saturated heterocycles. The maximum Gasteiger partial charge on any atom is 0.282 e. The molecule has 3 aromatic rings. The minimum absolute atomic E-state index is 0.0130. The van der Waals surface area contributed by atoms with Crippen LogP contribution in [-0.2, 0) is 4.79 Å². The normalized spacial score (nSPS) is 15.9. The lowest BCUT2D eigenvalue weighted by molar-refractivity contribution is -0.129. The van der Waals surface area contributed by atoms with Gasteiger partial charge >= 0.3 is 0 Å². The zero-order valence-electron chi connectivity index (χ0n) is 20.2. The molecule has 0 aliphatic carbocycles. The Labute approximate surface area is 222 Å². The smallest absolute Gasteiger partial charge is 0.282 e. The summed E-state index contributed by atoms with van der Waals surface area (Å²) in [5.41, 5.74) is 2.27. The SMILES string of the molecule is C=C(F)C(=O)N1CCN(c2c(C#N)c(=O)n(-c3ccccc3C(C)C)c3cc(Br)c(Cl)cc23)[C@@H](C)C1. The molecule has 36 heavy (non-hydrogen) atoms. The largest absolute Gasteiger partial charge is 0.363 e. The Balaban J connectivity index is 2.01. The third kappa shape index (κ3) is 4.42. The molecule has 0 saturated carbocycles. The Morgan fingerprint density at radius 2 is 1.97 bits per heavy atom. The van der Waals surface area contributed by atoms with Crippen LogP contribution in [0.1, 0.15) is 37.8 Å². The number of halogens is 3. The van der Waals surface area contributed by atoms with E-state index in [-0.39, 0.29) is 30.6 Å². The van der Waals surface area contributed by atoms with Crippen molar-refractivity contribution in [2.45, 2.75) is 32.7 Å². The average molecular weight is 572 g/mol. The molecule has 9 heteroatoms. The topological polar surface area (TPSA) is 69.3 Å². The lowest BCUT2D eigenvalue weighted by Crippen LogP contribution is -2.54. The Bertz CT molecular complexity index is 1490. The van der Waals surface area contributed by atoms with Crippen molar-refractivity contribution in [3.8, 4) is 11.8 Å². The molecule has 186 valence electrons. The van der Waals surface area contributed by atoms with Gasteiger partial charge in [-0.25, -0.2) is 4.39 Å². The van der Waals surface area contributed by atoms with Crippen molar-refractivity contribution in [1.82, 2.24) is 9.47 Å². The summed E-state index contributed by atoms with van der Waals surface area (Å²) >= 11 is 10.00. The predicted molar refractivity (Wildman–Crippen MR) is 145 cm³/mol. The number of anilines is 1. The summed E-state index contributed by atoms with van der Waals surface area (Å²) in [5, 5.41) is 11.3. The minimum Gasteiger partial charge on any atom is -0.363 e. The molecule has 4 rings (SSSR count). The molecular weight excluding hydrogens is 547 g/mol. The van der Waals surface area contributed by atoms with Gasteiger partial charge in [0.1, 0.15) is 11.6 Å². The second-order valence-electron chi connectivity index (χ2n) is 9.17. The highest BCUT2D eigenvalue weighted by Gasteiger charge is 2.32. The molecule has 1 aliphatic heterocycles. The molecule has 1 fully saturated rings. The Hall–Kier alpha value is -3.15. The summed E-state index contributed by atoms with van der Waals surface area (Å²) in [5.74, 6) is -1.62. The van der Waals surface area contributed by atoms with E-state index in [1.807, 2.05) is 49.9 Å². The number of pyridine rings is 1. The van der Waals surface area contributed by atoms with Crippen LogP contribution in [0.4, 0.5) is 10.1 Å². The number of piperazine rings is 1. The van der Waals surface area contributed by atoms with Crippen LogP contribution in [0, 0.1) is 11.3 Å². The summed E-state index contributed by atoms with van der Waals surface area (Å²) in [4.78, 5) is 29.4. The van der Waals surface area contributed by atoms with Gasteiger partial charge in [-0.2, -0.15) is 5.26 Å². The number of hydrogen-bond acceptors (Lipinski definition) is 4. The number of nitriles is 1. The van der Waals surface area contributed by atoms with Crippen molar-refractivity contribution in [3.05, 3.63) is 79.8 Å². The fraction of sp³-hybridized carbons (Fsp3) is 0.296. The molecule has 2 aromatic carbocycles. The Morgan fingerprint density at radius 1 is 1.28 bits per heavy atom. The van der Waals surface area contributed by atoms with E-state index >= 15 is 0 Å². The monoisotopic (exact) mass is 570 g/mol.